The maximum Gasteiger partial charge on any atom is 0.262 e. The molecule has 0 radical (unpaired) electrons. The highest BCUT2D eigenvalue weighted by Gasteiger charge is 2.22. The van der Waals surface area contributed by atoms with Crippen molar-refractivity contribution in [2.24, 2.45) is 0 Å². The predicted octanol–water partition coefficient (Wildman–Crippen LogP) is 4.51. The zero-order valence-electron chi connectivity index (χ0n) is 15.5. The van der Waals surface area contributed by atoms with E-state index in [1.54, 1.807) is 7.11 Å². The molecule has 0 spiro atoms. The van der Waals surface area contributed by atoms with E-state index in [4.69, 9.17) is 4.74 Å². The van der Waals surface area contributed by atoms with E-state index in [0.717, 1.165) is 39.8 Å². The third-order valence-electron chi connectivity index (χ3n) is 4.63. The lowest BCUT2D eigenvalue weighted by atomic mass is 10.1. The fraction of sp³-hybridized carbons (Fsp3) is 0.286. The van der Waals surface area contributed by atoms with E-state index in [1.165, 1.54) is 5.56 Å². The van der Waals surface area contributed by atoms with Gasteiger partial charge in [0.25, 0.3) is 5.91 Å². The molecule has 0 unspecified atom stereocenters. The molecule has 5 heteroatoms. The first-order chi connectivity index (χ1) is 12.4. The number of methoxy groups -OCH3 is 1. The molecule has 136 valence electrons. The molecule has 0 saturated heterocycles. The van der Waals surface area contributed by atoms with Crippen molar-refractivity contribution in [3.63, 3.8) is 0 Å². The van der Waals surface area contributed by atoms with Crippen molar-refractivity contribution in [2.45, 2.75) is 13.3 Å². The smallest absolute Gasteiger partial charge is 0.262 e. The van der Waals surface area contributed by atoms with Gasteiger partial charge in [-0.1, -0.05) is 18.2 Å². The minimum absolute atomic E-state index is 0.0185. The third-order valence-corrected chi connectivity index (χ3v) is 5.23. The van der Waals surface area contributed by atoms with Crippen LogP contribution in [0.25, 0.3) is 10.9 Å². The Morgan fingerprint density at radius 1 is 1.19 bits per heavy atom. The first-order valence-corrected chi connectivity index (χ1v) is 9.35. The van der Waals surface area contributed by atoms with Gasteiger partial charge in [-0.25, -0.2) is 0 Å². The second-order valence-electron chi connectivity index (χ2n) is 6.63. The minimum atomic E-state index is -0.0185. The number of hydrogen-bond donors (Lipinski definition) is 0. The van der Waals surface area contributed by atoms with Gasteiger partial charge in [-0.3, -0.25) is 9.36 Å². The van der Waals surface area contributed by atoms with Gasteiger partial charge in [0.05, 0.1) is 12.6 Å². The van der Waals surface area contributed by atoms with Crippen LogP contribution in [0, 0.1) is 6.92 Å². The topological polar surface area (TPSA) is 34.5 Å². The molecule has 0 atom stereocenters. The van der Waals surface area contributed by atoms with E-state index in [9.17, 15) is 4.79 Å². The summed E-state index contributed by atoms with van der Waals surface area (Å²) in [5.41, 5.74) is 3.72. The lowest BCUT2D eigenvalue weighted by Gasteiger charge is -2.10. The van der Waals surface area contributed by atoms with E-state index in [0.29, 0.717) is 5.56 Å². The number of benzene rings is 2. The summed E-state index contributed by atoms with van der Waals surface area (Å²) in [6, 6.07) is 13.3. The molecule has 0 aliphatic rings. The first-order valence-electron chi connectivity index (χ1n) is 8.56. The number of aromatic nitrogens is 1. The van der Waals surface area contributed by atoms with Crippen molar-refractivity contribution in [1.29, 1.82) is 0 Å². The van der Waals surface area contributed by atoms with Crippen LogP contribution >= 0.6 is 15.9 Å². The van der Waals surface area contributed by atoms with Crippen LogP contribution in [0.3, 0.4) is 0 Å². The van der Waals surface area contributed by atoms with Crippen LogP contribution in [-0.2, 0) is 6.42 Å². The van der Waals surface area contributed by atoms with Crippen molar-refractivity contribution in [3.05, 3.63) is 63.8 Å². The number of likely N-dealkylation sites (N-methyl/N-ethyl adjacent to an activating group) is 1. The Kier molecular flexibility index (Phi) is 5.49. The highest BCUT2D eigenvalue weighted by molar-refractivity contribution is 9.10. The number of nitrogens with zero attached hydrogens (tertiary/aromatic N) is 2. The van der Waals surface area contributed by atoms with Crippen LogP contribution in [0.1, 0.15) is 21.6 Å². The summed E-state index contributed by atoms with van der Waals surface area (Å²) >= 11 is 3.64. The molecule has 0 bridgehead atoms. The molecule has 0 saturated carbocycles. The Bertz CT molecular complexity index is 946. The van der Waals surface area contributed by atoms with Crippen LogP contribution in [0.2, 0.25) is 0 Å². The molecule has 1 aromatic heterocycles. The van der Waals surface area contributed by atoms with Gasteiger partial charge in [-0.05, 0) is 73.2 Å². The average Bonchev–Trinajstić information content (AvgIpc) is 2.92. The van der Waals surface area contributed by atoms with Gasteiger partial charge in [-0.15, -0.1) is 0 Å². The molecule has 0 aliphatic heterocycles. The maximum atomic E-state index is 13.2. The van der Waals surface area contributed by atoms with Crippen molar-refractivity contribution < 1.29 is 9.53 Å². The van der Waals surface area contributed by atoms with Gasteiger partial charge in [0.1, 0.15) is 5.75 Å². The summed E-state index contributed by atoms with van der Waals surface area (Å²) in [5.74, 6) is 0.759. The van der Waals surface area contributed by atoms with E-state index >= 15 is 0 Å². The molecule has 0 amide bonds. The van der Waals surface area contributed by atoms with Gasteiger partial charge >= 0.3 is 0 Å². The van der Waals surface area contributed by atoms with Crippen LogP contribution < -0.4 is 4.74 Å². The Morgan fingerprint density at radius 2 is 1.88 bits per heavy atom. The molecule has 4 nitrogen and oxygen atoms in total. The summed E-state index contributed by atoms with van der Waals surface area (Å²) in [6.07, 6.45) is 0.865. The summed E-state index contributed by atoms with van der Waals surface area (Å²) in [7, 11) is 5.77. The summed E-state index contributed by atoms with van der Waals surface area (Å²) < 4.78 is 8.12. The van der Waals surface area contributed by atoms with Crippen molar-refractivity contribution in [3.8, 4) is 5.75 Å². The summed E-state index contributed by atoms with van der Waals surface area (Å²) in [6.45, 7) is 2.93. The SMILES string of the molecule is COc1cc(Br)c2c(c1)c(CCN(C)C)c(C)n2C(=O)c1ccccc1. The quantitative estimate of drug-likeness (QED) is 0.615. The Labute approximate surface area is 162 Å². The fourth-order valence-corrected chi connectivity index (χ4v) is 3.88. The Hall–Kier alpha value is -2.11. The van der Waals surface area contributed by atoms with Crippen LogP contribution in [0.4, 0.5) is 0 Å². The average molecular weight is 415 g/mol. The van der Waals surface area contributed by atoms with Crippen LogP contribution in [-0.4, -0.2) is 43.1 Å². The van der Waals surface area contributed by atoms with Gasteiger partial charge in [0.2, 0.25) is 0 Å². The maximum absolute atomic E-state index is 13.2. The van der Waals surface area contributed by atoms with Crippen molar-refractivity contribution in [1.82, 2.24) is 9.47 Å². The molecular formula is C21H23BrN2O2. The molecule has 1 heterocycles. The Balaban J connectivity index is 2.25. The lowest BCUT2D eigenvalue weighted by molar-refractivity contribution is 0.0963. The molecule has 3 aromatic rings. The molecular weight excluding hydrogens is 392 g/mol. The normalized spacial score (nSPS) is 11.3. The van der Waals surface area contributed by atoms with Gasteiger partial charge in [0, 0.05) is 27.7 Å². The van der Waals surface area contributed by atoms with Crippen LogP contribution in [0.15, 0.2) is 46.9 Å². The van der Waals surface area contributed by atoms with E-state index in [-0.39, 0.29) is 5.91 Å². The van der Waals surface area contributed by atoms with Gasteiger partial charge in [-0.2, -0.15) is 0 Å². The number of carbonyl (C=O) groups is 1. The lowest BCUT2D eigenvalue weighted by Crippen LogP contribution is -2.16. The molecule has 0 aliphatic carbocycles. The van der Waals surface area contributed by atoms with E-state index < -0.39 is 0 Å². The second kappa shape index (κ2) is 7.64. The standard InChI is InChI=1S/C21H23BrN2O2/c1-14-17(10-11-23(2)3)18-12-16(26-4)13-19(22)20(18)24(14)21(25)15-8-6-5-7-9-15/h5-9,12-13H,10-11H2,1-4H3. The van der Waals surface area contributed by atoms with Crippen molar-refractivity contribution in [2.75, 3.05) is 27.7 Å². The largest absolute Gasteiger partial charge is 0.497 e. The zero-order chi connectivity index (χ0) is 18.8. The Morgan fingerprint density at radius 3 is 2.50 bits per heavy atom. The highest BCUT2D eigenvalue weighted by Crippen LogP contribution is 2.36. The van der Waals surface area contributed by atoms with Gasteiger partial charge in [0.15, 0.2) is 0 Å². The van der Waals surface area contributed by atoms with E-state index in [1.807, 2.05) is 54.0 Å². The number of carbonyl (C=O) groups excluding carboxylic acids is 1. The molecule has 26 heavy (non-hydrogen) atoms. The fourth-order valence-electron chi connectivity index (χ4n) is 3.26. The van der Waals surface area contributed by atoms with Crippen molar-refractivity contribution >= 4 is 32.7 Å². The molecule has 0 N–H and O–H groups in total. The number of rotatable bonds is 5. The molecule has 0 fully saturated rings. The summed E-state index contributed by atoms with van der Waals surface area (Å²) in [4.78, 5) is 15.4. The second-order valence-corrected chi connectivity index (χ2v) is 7.48. The minimum Gasteiger partial charge on any atom is -0.497 e. The molecule has 2 aromatic carbocycles. The van der Waals surface area contributed by atoms with Gasteiger partial charge < -0.3 is 9.64 Å². The van der Waals surface area contributed by atoms with E-state index in [2.05, 4.69) is 34.9 Å². The number of ether oxygens (including phenoxy) is 1. The first kappa shape index (κ1) is 18.7. The van der Waals surface area contributed by atoms with Crippen LogP contribution in [0.5, 0.6) is 5.75 Å². The molecule has 3 rings (SSSR count). The monoisotopic (exact) mass is 414 g/mol. The number of halogens is 1. The third kappa shape index (κ3) is 3.41. The zero-order valence-corrected chi connectivity index (χ0v) is 17.1. The number of hydrogen-bond acceptors (Lipinski definition) is 3. The summed E-state index contributed by atoms with van der Waals surface area (Å²) in [5, 5.41) is 1.06. The highest BCUT2D eigenvalue weighted by atomic mass is 79.9. The number of fused-ring (bicyclic) bond motifs is 1. The predicted molar refractivity (Wildman–Crippen MR) is 109 cm³/mol.